The van der Waals surface area contributed by atoms with Gasteiger partial charge in [0.15, 0.2) is 6.61 Å². The zero-order valence-electron chi connectivity index (χ0n) is 15.9. The molecular formula is C21H25ClN2O3. The molecule has 5 nitrogen and oxygen atoms in total. The van der Waals surface area contributed by atoms with E-state index in [-0.39, 0.29) is 25.0 Å². The van der Waals surface area contributed by atoms with Gasteiger partial charge in [-0.05, 0) is 50.1 Å². The van der Waals surface area contributed by atoms with Gasteiger partial charge in [-0.15, -0.1) is 0 Å². The third-order valence-electron chi connectivity index (χ3n) is 4.20. The number of hydrogen-bond donors (Lipinski definition) is 1. The lowest BCUT2D eigenvalue weighted by atomic mass is 10.1. The number of carbonyl (C=O) groups is 2. The molecule has 2 amide bonds. The van der Waals surface area contributed by atoms with Crippen LogP contribution in [0.3, 0.4) is 0 Å². The van der Waals surface area contributed by atoms with E-state index in [9.17, 15) is 9.59 Å². The van der Waals surface area contributed by atoms with Gasteiger partial charge in [0.2, 0.25) is 5.91 Å². The van der Waals surface area contributed by atoms with Gasteiger partial charge in [-0.2, -0.15) is 0 Å². The molecule has 2 aromatic rings. The summed E-state index contributed by atoms with van der Waals surface area (Å²) in [5.74, 6) is 0.181. The fourth-order valence-electron chi connectivity index (χ4n) is 2.68. The molecule has 0 aliphatic heterocycles. The monoisotopic (exact) mass is 388 g/mol. The maximum Gasteiger partial charge on any atom is 0.261 e. The molecule has 0 radical (unpaired) electrons. The Labute approximate surface area is 165 Å². The predicted octanol–water partition coefficient (Wildman–Crippen LogP) is 3.58. The van der Waals surface area contributed by atoms with E-state index in [0.717, 1.165) is 11.1 Å². The van der Waals surface area contributed by atoms with Gasteiger partial charge in [-0.25, -0.2) is 0 Å². The van der Waals surface area contributed by atoms with Gasteiger partial charge in [0.1, 0.15) is 11.8 Å². The van der Waals surface area contributed by atoms with Crippen LogP contribution in [-0.2, 0) is 16.1 Å². The molecule has 6 heteroatoms. The van der Waals surface area contributed by atoms with Crippen LogP contribution in [0.25, 0.3) is 0 Å². The minimum Gasteiger partial charge on any atom is -0.484 e. The summed E-state index contributed by atoms with van der Waals surface area (Å²) >= 11 is 6.05. The van der Waals surface area contributed by atoms with Gasteiger partial charge in [0, 0.05) is 18.1 Å². The van der Waals surface area contributed by atoms with Gasteiger partial charge in [-0.3, -0.25) is 9.59 Å². The van der Waals surface area contributed by atoms with Crippen molar-refractivity contribution in [2.75, 3.05) is 13.2 Å². The van der Waals surface area contributed by atoms with Crippen LogP contribution in [-0.4, -0.2) is 35.9 Å². The van der Waals surface area contributed by atoms with Crippen LogP contribution in [0.15, 0.2) is 48.5 Å². The van der Waals surface area contributed by atoms with Gasteiger partial charge in [-0.1, -0.05) is 41.9 Å². The number of nitrogens with zero attached hydrogens (tertiary/aromatic N) is 1. The summed E-state index contributed by atoms with van der Waals surface area (Å²) in [7, 11) is 0. The summed E-state index contributed by atoms with van der Waals surface area (Å²) in [5.41, 5.74) is 1.80. The Kier molecular flexibility index (Phi) is 7.67. The number of nitrogens with one attached hydrogen (secondary N) is 1. The molecule has 0 saturated carbocycles. The largest absolute Gasteiger partial charge is 0.484 e. The number of para-hydroxylation sites is 1. The summed E-state index contributed by atoms with van der Waals surface area (Å²) < 4.78 is 5.68. The SMILES string of the molecule is CCNC(=O)[C@@H](C)N(Cc1cccc(Cl)c1)C(=O)COc1ccccc1C. The highest BCUT2D eigenvalue weighted by Crippen LogP contribution is 2.18. The zero-order chi connectivity index (χ0) is 19.8. The smallest absolute Gasteiger partial charge is 0.261 e. The molecule has 0 aromatic heterocycles. The van der Waals surface area contributed by atoms with Gasteiger partial charge in [0.25, 0.3) is 5.91 Å². The Bertz CT molecular complexity index is 795. The lowest BCUT2D eigenvalue weighted by molar-refractivity contribution is -0.142. The summed E-state index contributed by atoms with van der Waals surface area (Å²) in [6, 6.07) is 14.1. The van der Waals surface area contributed by atoms with Crippen molar-refractivity contribution in [3.63, 3.8) is 0 Å². The van der Waals surface area contributed by atoms with Crippen molar-refractivity contribution in [3.05, 3.63) is 64.7 Å². The second-order valence-corrected chi connectivity index (χ2v) is 6.71. The minimum absolute atomic E-state index is 0.144. The average Bonchev–Trinajstić information content (AvgIpc) is 2.65. The standard InChI is InChI=1S/C21H25ClN2O3/c1-4-23-21(26)16(3)24(13-17-9-7-10-18(22)12-17)20(25)14-27-19-11-6-5-8-15(19)2/h5-12,16H,4,13-14H2,1-3H3,(H,23,26)/t16-/m1/s1. The molecule has 1 N–H and O–H groups in total. The highest BCUT2D eigenvalue weighted by atomic mass is 35.5. The lowest BCUT2D eigenvalue weighted by Gasteiger charge is -2.28. The number of halogens is 1. The minimum atomic E-state index is -0.628. The summed E-state index contributed by atoms with van der Waals surface area (Å²) in [6.45, 7) is 6.10. The lowest BCUT2D eigenvalue weighted by Crippen LogP contribution is -2.49. The molecule has 0 aliphatic rings. The third-order valence-corrected chi connectivity index (χ3v) is 4.44. The molecule has 0 spiro atoms. The van der Waals surface area contributed by atoms with Crippen molar-refractivity contribution in [2.24, 2.45) is 0 Å². The van der Waals surface area contributed by atoms with Crippen molar-refractivity contribution >= 4 is 23.4 Å². The van der Waals surface area contributed by atoms with E-state index < -0.39 is 6.04 Å². The summed E-state index contributed by atoms with van der Waals surface area (Å²) in [6.07, 6.45) is 0. The molecule has 144 valence electrons. The van der Waals surface area contributed by atoms with Gasteiger partial charge >= 0.3 is 0 Å². The topological polar surface area (TPSA) is 58.6 Å². The molecule has 0 fully saturated rings. The molecule has 0 heterocycles. The van der Waals surface area contributed by atoms with Crippen LogP contribution in [0.4, 0.5) is 0 Å². The Hall–Kier alpha value is -2.53. The first-order valence-electron chi connectivity index (χ1n) is 8.92. The second kappa shape index (κ2) is 9.97. The first-order valence-corrected chi connectivity index (χ1v) is 9.30. The second-order valence-electron chi connectivity index (χ2n) is 6.28. The molecule has 2 aromatic carbocycles. The fraction of sp³-hybridized carbons (Fsp3) is 0.333. The molecular weight excluding hydrogens is 364 g/mol. The first kappa shape index (κ1) is 20.8. The zero-order valence-corrected chi connectivity index (χ0v) is 16.6. The molecule has 0 saturated heterocycles. The van der Waals surface area contributed by atoms with Crippen LogP contribution in [0.1, 0.15) is 25.0 Å². The molecule has 0 aliphatic carbocycles. The van der Waals surface area contributed by atoms with E-state index in [0.29, 0.717) is 17.3 Å². The van der Waals surface area contributed by atoms with Crippen molar-refractivity contribution in [1.29, 1.82) is 0 Å². The van der Waals surface area contributed by atoms with E-state index in [2.05, 4.69) is 5.32 Å². The highest BCUT2D eigenvalue weighted by Gasteiger charge is 2.26. The van der Waals surface area contributed by atoms with E-state index in [1.54, 1.807) is 19.1 Å². The maximum absolute atomic E-state index is 12.9. The summed E-state index contributed by atoms with van der Waals surface area (Å²) in [5, 5.41) is 3.35. The Balaban J connectivity index is 2.15. The number of aryl methyl sites for hydroxylation is 1. The molecule has 1 atom stereocenters. The van der Waals surface area contributed by atoms with Crippen LogP contribution < -0.4 is 10.1 Å². The number of likely N-dealkylation sites (N-methyl/N-ethyl adjacent to an activating group) is 1. The van der Waals surface area contributed by atoms with Crippen molar-refractivity contribution < 1.29 is 14.3 Å². The average molecular weight is 389 g/mol. The van der Waals surface area contributed by atoms with E-state index in [4.69, 9.17) is 16.3 Å². The predicted molar refractivity (Wildman–Crippen MR) is 107 cm³/mol. The van der Waals surface area contributed by atoms with Crippen molar-refractivity contribution in [3.8, 4) is 5.75 Å². The van der Waals surface area contributed by atoms with E-state index >= 15 is 0 Å². The normalized spacial score (nSPS) is 11.6. The van der Waals surface area contributed by atoms with Crippen LogP contribution in [0.2, 0.25) is 5.02 Å². The van der Waals surface area contributed by atoms with Crippen LogP contribution >= 0.6 is 11.6 Å². The highest BCUT2D eigenvalue weighted by molar-refractivity contribution is 6.30. The molecule has 2 rings (SSSR count). The number of amides is 2. The number of benzene rings is 2. The van der Waals surface area contributed by atoms with Crippen molar-refractivity contribution in [1.82, 2.24) is 10.2 Å². The van der Waals surface area contributed by atoms with E-state index in [1.807, 2.05) is 50.2 Å². The Morgan fingerprint density at radius 3 is 2.59 bits per heavy atom. The number of rotatable bonds is 8. The Morgan fingerprint density at radius 2 is 1.93 bits per heavy atom. The van der Waals surface area contributed by atoms with Gasteiger partial charge < -0.3 is 15.0 Å². The quantitative estimate of drug-likeness (QED) is 0.751. The van der Waals surface area contributed by atoms with Gasteiger partial charge in [0.05, 0.1) is 0 Å². The number of carbonyl (C=O) groups excluding carboxylic acids is 2. The Morgan fingerprint density at radius 1 is 1.19 bits per heavy atom. The van der Waals surface area contributed by atoms with Crippen LogP contribution in [0, 0.1) is 6.92 Å². The molecule has 0 unspecified atom stereocenters. The molecule has 27 heavy (non-hydrogen) atoms. The van der Waals surface area contributed by atoms with Crippen molar-refractivity contribution in [2.45, 2.75) is 33.4 Å². The van der Waals surface area contributed by atoms with Crippen LogP contribution in [0.5, 0.6) is 5.75 Å². The maximum atomic E-state index is 12.9. The first-order chi connectivity index (χ1) is 12.9. The molecule has 0 bridgehead atoms. The fourth-order valence-corrected chi connectivity index (χ4v) is 2.89. The van der Waals surface area contributed by atoms with E-state index in [1.165, 1.54) is 4.90 Å². The summed E-state index contributed by atoms with van der Waals surface area (Å²) in [4.78, 5) is 26.7. The number of hydrogen-bond acceptors (Lipinski definition) is 3. The number of ether oxygens (including phenoxy) is 1. The third kappa shape index (κ3) is 6.00.